The Bertz CT molecular complexity index is 159. The molecule has 0 fully saturated rings. The molecule has 0 atom stereocenters. The Labute approximate surface area is 85.8 Å². The van der Waals surface area contributed by atoms with Crippen molar-refractivity contribution >= 4 is 12.2 Å². The largest absolute Gasteiger partial charge is 0.370 e. The van der Waals surface area contributed by atoms with Crippen LogP contribution in [0.5, 0.6) is 0 Å². The number of unbranched alkanes of at least 4 members (excludes halogenated alkanes) is 6. The second-order valence-electron chi connectivity index (χ2n) is 3.36. The molecule has 0 saturated heterocycles. The first-order valence-electron chi connectivity index (χ1n) is 5.20. The van der Waals surface area contributed by atoms with E-state index >= 15 is 0 Å². The van der Waals surface area contributed by atoms with Gasteiger partial charge >= 0.3 is 0 Å². The molecule has 0 aliphatic heterocycles. The van der Waals surface area contributed by atoms with Gasteiger partial charge in [0.2, 0.25) is 0 Å². The Morgan fingerprint density at radius 1 is 1.14 bits per heavy atom. The zero-order valence-electron chi connectivity index (χ0n) is 8.64. The van der Waals surface area contributed by atoms with Gasteiger partial charge in [-0.3, -0.25) is 10.2 Å². The van der Waals surface area contributed by atoms with Crippen molar-refractivity contribution in [1.82, 2.24) is 5.32 Å². The maximum Gasteiger partial charge on any atom is 0.198 e. The van der Waals surface area contributed by atoms with Crippen molar-refractivity contribution in [2.24, 2.45) is 5.73 Å². The molecule has 0 amide bonds. The molecular weight excluding hydrogens is 178 g/mol. The molecule has 0 unspecified atom stereocenters. The fourth-order valence-corrected chi connectivity index (χ4v) is 1.25. The molecule has 0 aliphatic rings. The van der Waals surface area contributed by atoms with E-state index in [1.807, 2.05) is 6.29 Å². The molecule has 0 spiro atoms. The van der Waals surface area contributed by atoms with Crippen molar-refractivity contribution in [2.45, 2.75) is 44.9 Å². The van der Waals surface area contributed by atoms with Gasteiger partial charge in [0.1, 0.15) is 0 Å². The van der Waals surface area contributed by atoms with Crippen LogP contribution >= 0.6 is 0 Å². The number of nitrogens with one attached hydrogen (secondary N) is 2. The predicted molar refractivity (Wildman–Crippen MR) is 57.9 cm³/mol. The summed E-state index contributed by atoms with van der Waals surface area (Å²) in [5, 5.41) is 9.68. The first-order chi connectivity index (χ1) is 6.77. The molecule has 0 aromatic rings. The summed E-state index contributed by atoms with van der Waals surface area (Å²) in [6, 6.07) is 0. The first kappa shape index (κ1) is 12.9. The Kier molecular flexibility index (Phi) is 9.26. The van der Waals surface area contributed by atoms with Gasteiger partial charge in [0.05, 0.1) is 0 Å². The van der Waals surface area contributed by atoms with Crippen molar-refractivity contribution in [1.29, 1.82) is 5.41 Å². The summed E-state index contributed by atoms with van der Waals surface area (Å²) in [5.74, 6) is 0.0477. The zero-order chi connectivity index (χ0) is 10.6. The lowest BCUT2D eigenvalue weighted by atomic mass is 10.1. The van der Waals surface area contributed by atoms with Gasteiger partial charge < -0.3 is 11.1 Å². The molecule has 1 radical (unpaired) electrons. The summed E-state index contributed by atoms with van der Waals surface area (Å²) in [5.41, 5.74) is 5.12. The third-order valence-electron chi connectivity index (χ3n) is 2.02. The van der Waals surface area contributed by atoms with Crippen molar-refractivity contribution in [3.05, 3.63) is 0 Å². The predicted octanol–water partition coefficient (Wildman–Crippen LogP) is 1.31. The second kappa shape index (κ2) is 10.0. The molecule has 4 nitrogen and oxygen atoms in total. The lowest BCUT2D eigenvalue weighted by Crippen LogP contribution is -2.30. The van der Waals surface area contributed by atoms with E-state index in [9.17, 15) is 4.79 Å². The zero-order valence-corrected chi connectivity index (χ0v) is 8.64. The van der Waals surface area contributed by atoms with Gasteiger partial charge in [0, 0.05) is 13.0 Å². The molecule has 0 aliphatic carbocycles. The summed E-state index contributed by atoms with van der Waals surface area (Å²) in [7, 11) is 0. The van der Waals surface area contributed by atoms with Gasteiger partial charge in [-0.2, -0.15) is 0 Å². The minimum Gasteiger partial charge on any atom is -0.370 e. The molecule has 4 heteroatoms. The molecule has 0 aromatic carbocycles. The van der Waals surface area contributed by atoms with Crippen LogP contribution < -0.4 is 11.1 Å². The van der Waals surface area contributed by atoms with E-state index in [2.05, 4.69) is 5.32 Å². The van der Waals surface area contributed by atoms with Crippen molar-refractivity contribution in [3.8, 4) is 0 Å². The highest BCUT2D eigenvalue weighted by atomic mass is 16.1. The summed E-state index contributed by atoms with van der Waals surface area (Å²) in [6.45, 7) is 0.789. The molecule has 0 bridgehead atoms. The van der Waals surface area contributed by atoms with Crippen molar-refractivity contribution in [2.75, 3.05) is 6.54 Å². The van der Waals surface area contributed by atoms with E-state index in [0.717, 1.165) is 32.2 Å². The number of hydrogen-bond donors (Lipinski definition) is 3. The molecule has 14 heavy (non-hydrogen) atoms. The quantitative estimate of drug-likeness (QED) is 0.297. The molecular formula is C10H20N3O. The normalized spacial score (nSPS) is 9.71. The minimum absolute atomic E-state index is 0.0477. The van der Waals surface area contributed by atoms with Crippen LogP contribution in [0.25, 0.3) is 0 Å². The number of guanidine groups is 1. The summed E-state index contributed by atoms with van der Waals surface area (Å²) >= 11 is 0. The van der Waals surface area contributed by atoms with Gasteiger partial charge in [-0.25, -0.2) is 0 Å². The first-order valence-corrected chi connectivity index (χ1v) is 5.20. The molecule has 0 aromatic heterocycles. The number of carbonyl (C=O) groups excluding carboxylic acids is 1. The maximum atomic E-state index is 9.88. The van der Waals surface area contributed by atoms with E-state index in [1.54, 1.807) is 0 Å². The Hall–Kier alpha value is -1.06. The van der Waals surface area contributed by atoms with Crippen molar-refractivity contribution < 1.29 is 4.79 Å². The van der Waals surface area contributed by atoms with Gasteiger partial charge in [-0.05, 0) is 12.8 Å². The fourth-order valence-electron chi connectivity index (χ4n) is 1.25. The van der Waals surface area contributed by atoms with Crippen LogP contribution in [0.15, 0.2) is 0 Å². The van der Waals surface area contributed by atoms with E-state index < -0.39 is 0 Å². The summed E-state index contributed by atoms with van der Waals surface area (Å²) in [6.07, 6.45) is 9.14. The van der Waals surface area contributed by atoms with Crippen LogP contribution in [0.4, 0.5) is 0 Å². The average Bonchev–Trinajstić information content (AvgIpc) is 2.15. The number of nitrogens with two attached hydrogens (primary N) is 1. The maximum absolute atomic E-state index is 9.88. The Morgan fingerprint density at radius 2 is 1.71 bits per heavy atom. The lowest BCUT2D eigenvalue weighted by molar-refractivity contribution is 0.541. The van der Waals surface area contributed by atoms with Gasteiger partial charge in [-0.1, -0.05) is 25.7 Å². The molecule has 0 heterocycles. The molecule has 0 saturated carbocycles. The molecule has 0 rings (SSSR count). The number of rotatable bonds is 9. The van der Waals surface area contributed by atoms with Gasteiger partial charge in [-0.15, -0.1) is 0 Å². The van der Waals surface area contributed by atoms with Crippen LogP contribution in [-0.4, -0.2) is 18.8 Å². The topological polar surface area (TPSA) is 79.0 Å². The van der Waals surface area contributed by atoms with E-state index in [0.29, 0.717) is 6.42 Å². The Balaban J connectivity index is 2.92. The average molecular weight is 198 g/mol. The summed E-state index contributed by atoms with van der Waals surface area (Å²) < 4.78 is 0. The van der Waals surface area contributed by atoms with E-state index in [-0.39, 0.29) is 5.96 Å². The standard InChI is InChI=1S/C10H20N3O/c11-10(12)13-8-6-4-2-1-3-5-7-9-14/h1-8H2,(H4,11,12,13). The Morgan fingerprint density at radius 3 is 2.29 bits per heavy atom. The summed E-state index contributed by atoms with van der Waals surface area (Å²) in [4.78, 5) is 9.88. The smallest absolute Gasteiger partial charge is 0.198 e. The highest BCUT2D eigenvalue weighted by Gasteiger charge is 1.92. The molecule has 81 valence electrons. The monoisotopic (exact) mass is 198 g/mol. The van der Waals surface area contributed by atoms with Gasteiger partial charge in [0.25, 0.3) is 0 Å². The molecule has 4 N–H and O–H groups in total. The van der Waals surface area contributed by atoms with Crippen molar-refractivity contribution in [3.63, 3.8) is 0 Å². The van der Waals surface area contributed by atoms with Crippen LogP contribution in [0.3, 0.4) is 0 Å². The van der Waals surface area contributed by atoms with Crippen LogP contribution in [0.1, 0.15) is 44.9 Å². The minimum atomic E-state index is 0.0477. The van der Waals surface area contributed by atoms with Gasteiger partial charge in [0.15, 0.2) is 12.2 Å². The van der Waals surface area contributed by atoms with Crippen LogP contribution in [0.2, 0.25) is 0 Å². The highest BCUT2D eigenvalue weighted by molar-refractivity contribution is 5.74. The van der Waals surface area contributed by atoms with Crippen LogP contribution in [0, 0.1) is 5.41 Å². The third kappa shape index (κ3) is 10.9. The number of hydrogen-bond acceptors (Lipinski definition) is 2. The van der Waals surface area contributed by atoms with E-state index in [4.69, 9.17) is 11.1 Å². The van der Waals surface area contributed by atoms with Crippen LogP contribution in [-0.2, 0) is 4.79 Å². The lowest BCUT2D eigenvalue weighted by Gasteiger charge is -2.02. The highest BCUT2D eigenvalue weighted by Crippen LogP contribution is 2.05. The fraction of sp³-hybridized carbons (Fsp3) is 0.800. The van der Waals surface area contributed by atoms with E-state index in [1.165, 1.54) is 12.8 Å². The third-order valence-corrected chi connectivity index (χ3v) is 2.02. The second-order valence-corrected chi connectivity index (χ2v) is 3.36. The SMILES string of the molecule is N=C(N)NCCCCCCCC[C]=O.